The highest BCUT2D eigenvalue weighted by atomic mass is 16.2. The molecule has 0 rings (SSSR count). The van der Waals surface area contributed by atoms with Gasteiger partial charge in [-0.25, -0.2) is 0 Å². The monoisotopic (exact) mass is 113 g/mol. The number of amides is 1. The van der Waals surface area contributed by atoms with Gasteiger partial charge in [0.25, 0.3) is 0 Å². The molecule has 2 radical (unpaired) electrons. The molecular formula is C6H11NO. The maximum atomic E-state index is 10.5. The van der Waals surface area contributed by atoms with Crippen LogP contribution in [-0.2, 0) is 4.79 Å². The molecule has 0 saturated carbocycles. The van der Waals surface area contributed by atoms with Gasteiger partial charge in [0, 0.05) is 20.0 Å². The molecule has 0 aromatic heterocycles. The molecule has 0 atom stereocenters. The summed E-state index contributed by atoms with van der Waals surface area (Å²) in [4.78, 5) is 12.0. The van der Waals surface area contributed by atoms with E-state index < -0.39 is 0 Å². The van der Waals surface area contributed by atoms with Gasteiger partial charge in [0.15, 0.2) is 0 Å². The summed E-state index contributed by atoms with van der Waals surface area (Å²) in [6.45, 7) is 9.62. The molecule has 0 aliphatic heterocycles. The highest BCUT2D eigenvalue weighted by molar-refractivity contribution is 5.73. The summed E-state index contributed by atoms with van der Waals surface area (Å²) in [5.41, 5.74) is 0. The van der Waals surface area contributed by atoms with Gasteiger partial charge < -0.3 is 4.90 Å². The van der Waals surface area contributed by atoms with Crippen molar-refractivity contribution in [2.24, 2.45) is 0 Å². The zero-order valence-corrected chi connectivity index (χ0v) is 5.18. The van der Waals surface area contributed by atoms with Crippen molar-refractivity contribution in [2.75, 3.05) is 13.1 Å². The molecule has 0 spiro atoms. The van der Waals surface area contributed by atoms with Gasteiger partial charge in [-0.1, -0.05) is 0 Å². The van der Waals surface area contributed by atoms with Crippen molar-refractivity contribution in [2.45, 2.75) is 6.92 Å². The first-order chi connectivity index (χ1) is 3.72. The van der Waals surface area contributed by atoms with Crippen LogP contribution in [0, 0.1) is 13.8 Å². The van der Waals surface area contributed by atoms with Gasteiger partial charge in [-0.3, -0.25) is 4.79 Å². The van der Waals surface area contributed by atoms with E-state index in [1.54, 1.807) is 4.90 Å². The Balaban J connectivity index is 3.52. The molecule has 0 unspecified atom stereocenters. The number of carbonyl (C=O) groups excluding carboxylic acids is 1. The molecule has 1 amide bonds. The minimum atomic E-state index is 0.0370. The van der Waals surface area contributed by atoms with Crippen LogP contribution in [0.4, 0.5) is 0 Å². The highest BCUT2D eigenvalue weighted by Gasteiger charge is 1.99. The van der Waals surface area contributed by atoms with Gasteiger partial charge in [-0.2, -0.15) is 0 Å². The SMILES string of the molecule is [CH2]CN(C[CH2])C(C)=O. The Hall–Kier alpha value is -0.530. The zero-order valence-electron chi connectivity index (χ0n) is 5.18. The number of nitrogens with zero attached hydrogens (tertiary/aromatic N) is 1. The second-order valence-electron chi connectivity index (χ2n) is 1.51. The highest BCUT2D eigenvalue weighted by Crippen LogP contribution is 1.84. The molecule has 0 aliphatic carbocycles. The summed E-state index contributed by atoms with van der Waals surface area (Å²) >= 11 is 0. The summed E-state index contributed by atoms with van der Waals surface area (Å²) in [6, 6.07) is 0. The predicted molar refractivity (Wildman–Crippen MR) is 33.0 cm³/mol. The second-order valence-corrected chi connectivity index (χ2v) is 1.51. The van der Waals surface area contributed by atoms with Crippen LogP contribution in [0.1, 0.15) is 6.92 Å². The summed E-state index contributed by atoms with van der Waals surface area (Å²) in [6.07, 6.45) is 0. The van der Waals surface area contributed by atoms with Gasteiger partial charge in [0.05, 0.1) is 0 Å². The summed E-state index contributed by atoms with van der Waals surface area (Å²) in [5.74, 6) is 0.0370. The van der Waals surface area contributed by atoms with Crippen LogP contribution >= 0.6 is 0 Å². The van der Waals surface area contributed by atoms with Crippen molar-refractivity contribution in [1.82, 2.24) is 4.90 Å². The largest absolute Gasteiger partial charge is 0.343 e. The molecular weight excluding hydrogens is 102 g/mol. The fourth-order valence-corrected chi connectivity index (χ4v) is 0.427. The van der Waals surface area contributed by atoms with E-state index in [1.165, 1.54) is 6.92 Å². The molecule has 0 aromatic rings. The van der Waals surface area contributed by atoms with E-state index in [-0.39, 0.29) is 5.91 Å². The van der Waals surface area contributed by atoms with E-state index in [2.05, 4.69) is 13.8 Å². The molecule has 0 saturated heterocycles. The van der Waals surface area contributed by atoms with Crippen LogP contribution in [0.2, 0.25) is 0 Å². The molecule has 0 N–H and O–H groups in total. The summed E-state index contributed by atoms with van der Waals surface area (Å²) in [7, 11) is 0. The molecule has 0 heterocycles. The lowest BCUT2D eigenvalue weighted by atomic mass is 10.5. The van der Waals surface area contributed by atoms with Crippen LogP contribution in [0.3, 0.4) is 0 Å². The third-order valence-electron chi connectivity index (χ3n) is 0.985. The first-order valence-electron chi connectivity index (χ1n) is 2.56. The van der Waals surface area contributed by atoms with E-state index >= 15 is 0 Å². The molecule has 0 bridgehead atoms. The smallest absolute Gasteiger partial charge is 0.219 e. The molecule has 8 heavy (non-hydrogen) atoms. The maximum absolute atomic E-state index is 10.5. The van der Waals surface area contributed by atoms with Crippen LogP contribution in [0.15, 0.2) is 0 Å². The third-order valence-corrected chi connectivity index (χ3v) is 0.985. The molecule has 0 fully saturated rings. The normalized spacial score (nSPS) is 8.88. The van der Waals surface area contributed by atoms with Crippen LogP contribution in [0.25, 0.3) is 0 Å². The topological polar surface area (TPSA) is 20.3 Å². The summed E-state index contributed by atoms with van der Waals surface area (Å²) in [5, 5.41) is 0. The van der Waals surface area contributed by atoms with Crippen LogP contribution in [0.5, 0.6) is 0 Å². The lowest BCUT2D eigenvalue weighted by molar-refractivity contribution is -0.127. The predicted octanol–water partition coefficient (Wildman–Crippen LogP) is 0.503. The Bertz CT molecular complexity index is 76.6. The molecule has 0 aromatic carbocycles. The van der Waals surface area contributed by atoms with Gasteiger partial charge in [-0.05, 0) is 13.8 Å². The fraction of sp³-hybridized carbons (Fsp3) is 0.500. The number of carbonyl (C=O) groups is 1. The quantitative estimate of drug-likeness (QED) is 0.510. The first kappa shape index (κ1) is 7.47. The van der Waals surface area contributed by atoms with Gasteiger partial charge >= 0.3 is 0 Å². The van der Waals surface area contributed by atoms with Gasteiger partial charge in [-0.15, -0.1) is 0 Å². The van der Waals surface area contributed by atoms with Crippen molar-refractivity contribution >= 4 is 5.91 Å². The minimum absolute atomic E-state index is 0.0370. The zero-order chi connectivity index (χ0) is 6.57. The number of rotatable bonds is 2. The fourth-order valence-electron chi connectivity index (χ4n) is 0.427. The Morgan fingerprint density at radius 2 is 1.88 bits per heavy atom. The maximum Gasteiger partial charge on any atom is 0.219 e. The van der Waals surface area contributed by atoms with Gasteiger partial charge in [0.1, 0.15) is 0 Å². The Morgan fingerprint density at radius 3 is 1.88 bits per heavy atom. The first-order valence-corrected chi connectivity index (χ1v) is 2.56. The molecule has 0 aliphatic rings. The van der Waals surface area contributed by atoms with E-state index in [4.69, 9.17) is 0 Å². The number of hydrogen-bond acceptors (Lipinski definition) is 1. The second kappa shape index (κ2) is 3.47. The van der Waals surface area contributed by atoms with Crippen LogP contribution < -0.4 is 0 Å². The summed E-state index contributed by atoms with van der Waals surface area (Å²) < 4.78 is 0. The van der Waals surface area contributed by atoms with E-state index in [1.807, 2.05) is 0 Å². The average molecular weight is 113 g/mol. The molecule has 2 heteroatoms. The third kappa shape index (κ3) is 1.96. The van der Waals surface area contributed by atoms with Gasteiger partial charge in [0.2, 0.25) is 5.91 Å². The van der Waals surface area contributed by atoms with Crippen molar-refractivity contribution < 1.29 is 4.79 Å². The molecule has 2 nitrogen and oxygen atoms in total. The van der Waals surface area contributed by atoms with Crippen molar-refractivity contribution in [1.29, 1.82) is 0 Å². The van der Waals surface area contributed by atoms with Crippen molar-refractivity contribution in [3.63, 3.8) is 0 Å². The van der Waals surface area contributed by atoms with E-state index in [0.29, 0.717) is 13.1 Å². The van der Waals surface area contributed by atoms with E-state index in [9.17, 15) is 4.79 Å². The standard InChI is InChI=1S/C6H11NO/c1-4-7(5-2)6(3)8/h1-2,4-5H2,3H3. The Labute approximate surface area is 50.5 Å². The van der Waals surface area contributed by atoms with Crippen molar-refractivity contribution in [3.8, 4) is 0 Å². The van der Waals surface area contributed by atoms with E-state index in [0.717, 1.165) is 0 Å². The minimum Gasteiger partial charge on any atom is -0.343 e. The number of hydrogen-bond donors (Lipinski definition) is 0. The lowest BCUT2D eigenvalue weighted by Crippen LogP contribution is -2.27. The molecule has 46 valence electrons. The van der Waals surface area contributed by atoms with Crippen molar-refractivity contribution in [3.05, 3.63) is 13.8 Å². The Morgan fingerprint density at radius 1 is 1.50 bits per heavy atom. The average Bonchev–Trinajstić information content (AvgIpc) is 1.69. The van der Waals surface area contributed by atoms with Crippen LogP contribution in [-0.4, -0.2) is 23.9 Å². The Kier molecular flexibility index (Phi) is 3.24. The lowest BCUT2D eigenvalue weighted by Gasteiger charge is -2.14.